The van der Waals surface area contributed by atoms with Crippen molar-refractivity contribution in [3.63, 3.8) is 0 Å². The summed E-state index contributed by atoms with van der Waals surface area (Å²) in [5, 5.41) is 18.3. The van der Waals surface area contributed by atoms with Crippen molar-refractivity contribution in [3.05, 3.63) is 22.7 Å². The van der Waals surface area contributed by atoms with Crippen LogP contribution < -0.4 is 10.5 Å². The first-order valence-electron chi connectivity index (χ1n) is 7.23. The standard InChI is InChI=1S/C14H18FN3O4/c15-14(9-19)8-18(7-13(14)2-1-3-13)11-12(22)17(5-4-16-11)6-10(20)21/h4-5,19H,1-3,6-9H2,(H,20,21). The smallest absolute Gasteiger partial charge is 0.323 e. The van der Waals surface area contributed by atoms with Gasteiger partial charge in [-0.1, -0.05) is 6.42 Å². The molecule has 0 amide bonds. The SMILES string of the molecule is O=C(O)Cn1ccnc(N2CC(F)(CO)C3(CCC3)C2)c1=O. The average molecular weight is 311 g/mol. The summed E-state index contributed by atoms with van der Waals surface area (Å²) in [5.41, 5.74) is -2.92. The van der Waals surface area contributed by atoms with Gasteiger partial charge in [-0.25, -0.2) is 9.37 Å². The Hall–Kier alpha value is -1.96. The fourth-order valence-electron chi connectivity index (χ4n) is 3.53. The van der Waals surface area contributed by atoms with Crippen molar-refractivity contribution in [2.24, 2.45) is 5.41 Å². The molecule has 2 fully saturated rings. The van der Waals surface area contributed by atoms with Gasteiger partial charge in [0.05, 0.1) is 13.2 Å². The Labute approximate surface area is 126 Å². The third kappa shape index (κ3) is 2.09. The normalized spacial score (nSPS) is 26.2. The molecule has 2 N–H and O–H groups in total. The van der Waals surface area contributed by atoms with Crippen LogP contribution >= 0.6 is 0 Å². The summed E-state index contributed by atoms with van der Waals surface area (Å²) >= 11 is 0. The molecular formula is C14H18FN3O4. The van der Waals surface area contributed by atoms with Gasteiger partial charge in [0.2, 0.25) is 0 Å². The molecule has 1 saturated heterocycles. The second kappa shape index (κ2) is 5.05. The molecule has 1 aliphatic heterocycles. The monoisotopic (exact) mass is 311 g/mol. The molecular weight excluding hydrogens is 293 g/mol. The van der Waals surface area contributed by atoms with E-state index in [-0.39, 0.29) is 12.4 Å². The highest BCUT2D eigenvalue weighted by atomic mass is 19.1. The van der Waals surface area contributed by atoms with Crippen molar-refractivity contribution >= 4 is 11.8 Å². The van der Waals surface area contributed by atoms with Crippen molar-refractivity contribution in [1.82, 2.24) is 9.55 Å². The summed E-state index contributed by atoms with van der Waals surface area (Å²) < 4.78 is 16.0. The van der Waals surface area contributed by atoms with Gasteiger partial charge in [0.25, 0.3) is 5.56 Å². The number of aliphatic hydroxyl groups excluding tert-OH is 1. The number of hydrogen-bond donors (Lipinski definition) is 2. The van der Waals surface area contributed by atoms with Gasteiger partial charge in [0, 0.05) is 24.4 Å². The van der Waals surface area contributed by atoms with Crippen molar-refractivity contribution in [3.8, 4) is 0 Å². The van der Waals surface area contributed by atoms with Crippen LogP contribution in [0, 0.1) is 5.41 Å². The predicted molar refractivity (Wildman–Crippen MR) is 75.6 cm³/mol. The Kier molecular flexibility index (Phi) is 3.43. The molecule has 1 spiro atoms. The fraction of sp³-hybridized carbons (Fsp3) is 0.643. The van der Waals surface area contributed by atoms with Crippen LogP contribution in [0.1, 0.15) is 19.3 Å². The minimum atomic E-state index is -1.74. The van der Waals surface area contributed by atoms with Gasteiger partial charge in [-0.15, -0.1) is 0 Å². The molecule has 1 aromatic rings. The molecule has 1 atom stereocenters. The van der Waals surface area contributed by atoms with Crippen LogP contribution in [-0.4, -0.2) is 51.1 Å². The second-order valence-corrected chi connectivity index (χ2v) is 6.19. The minimum Gasteiger partial charge on any atom is -0.480 e. The summed E-state index contributed by atoms with van der Waals surface area (Å²) in [6.45, 7) is -0.819. The fourth-order valence-corrected chi connectivity index (χ4v) is 3.53. The zero-order valence-corrected chi connectivity index (χ0v) is 12.0. The number of aliphatic carboxylic acids is 1. The Morgan fingerprint density at radius 3 is 2.64 bits per heavy atom. The lowest BCUT2D eigenvalue weighted by Crippen LogP contribution is -2.50. The van der Waals surface area contributed by atoms with Gasteiger partial charge in [-0.2, -0.15) is 0 Å². The maximum absolute atomic E-state index is 15.0. The van der Waals surface area contributed by atoms with Gasteiger partial charge >= 0.3 is 5.97 Å². The molecule has 1 unspecified atom stereocenters. The average Bonchev–Trinajstić information content (AvgIpc) is 2.75. The topological polar surface area (TPSA) is 95.7 Å². The van der Waals surface area contributed by atoms with Crippen LogP contribution in [0.5, 0.6) is 0 Å². The number of anilines is 1. The van der Waals surface area contributed by atoms with E-state index in [1.807, 2.05) is 0 Å². The number of nitrogens with zero attached hydrogens (tertiary/aromatic N) is 3. The van der Waals surface area contributed by atoms with E-state index < -0.39 is 35.8 Å². The van der Waals surface area contributed by atoms with Gasteiger partial charge in [-0.3, -0.25) is 14.2 Å². The number of aromatic nitrogens is 2. The quantitative estimate of drug-likeness (QED) is 0.814. The first-order valence-corrected chi connectivity index (χ1v) is 7.23. The van der Waals surface area contributed by atoms with E-state index in [1.54, 1.807) is 0 Å². The van der Waals surface area contributed by atoms with Crippen molar-refractivity contribution in [2.75, 3.05) is 24.6 Å². The predicted octanol–water partition coefficient (Wildman–Crippen LogP) is 0.0188. The Balaban J connectivity index is 1.93. The van der Waals surface area contributed by atoms with E-state index in [2.05, 4.69) is 4.98 Å². The van der Waals surface area contributed by atoms with Crippen LogP contribution in [-0.2, 0) is 11.3 Å². The van der Waals surface area contributed by atoms with Crippen LogP contribution in [0.3, 0.4) is 0 Å². The summed E-state index contributed by atoms with van der Waals surface area (Å²) in [5.74, 6) is -1.09. The molecule has 0 radical (unpaired) electrons. The number of hydrogen-bond acceptors (Lipinski definition) is 5. The molecule has 1 saturated carbocycles. The Bertz CT molecular complexity index is 646. The molecule has 1 aliphatic carbocycles. The largest absolute Gasteiger partial charge is 0.480 e. The third-order valence-corrected chi connectivity index (χ3v) is 4.95. The highest BCUT2D eigenvalue weighted by Crippen LogP contribution is 2.55. The number of alkyl halides is 1. The van der Waals surface area contributed by atoms with E-state index in [0.717, 1.165) is 11.0 Å². The number of carboxylic acid groups (broad SMARTS) is 1. The lowest BCUT2D eigenvalue weighted by atomic mass is 9.61. The van der Waals surface area contributed by atoms with Crippen LogP contribution in [0.15, 0.2) is 17.2 Å². The zero-order chi connectivity index (χ0) is 16.0. The van der Waals surface area contributed by atoms with Gasteiger partial charge in [0.1, 0.15) is 6.54 Å². The maximum atomic E-state index is 15.0. The van der Waals surface area contributed by atoms with Crippen LogP contribution in [0.2, 0.25) is 0 Å². The lowest BCUT2D eigenvalue weighted by molar-refractivity contribution is -0.137. The number of carboxylic acids is 1. The maximum Gasteiger partial charge on any atom is 0.323 e. The van der Waals surface area contributed by atoms with Crippen molar-refractivity contribution in [2.45, 2.75) is 31.5 Å². The molecule has 120 valence electrons. The molecule has 22 heavy (non-hydrogen) atoms. The van der Waals surface area contributed by atoms with E-state index in [9.17, 15) is 19.1 Å². The molecule has 3 rings (SSSR count). The Morgan fingerprint density at radius 1 is 1.41 bits per heavy atom. The summed E-state index contributed by atoms with van der Waals surface area (Å²) in [6, 6.07) is 0. The van der Waals surface area contributed by atoms with Gasteiger partial charge < -0.3 is 15.1 Å². The molecule has 7 nitrogen and oxygen atoms in total. The number of halogens is 1. The van der Waals surface area contributed by atoms with Gasteiger partial charge in [-0.05, 0) is 12.8 Å². The summed E-state index contributed by atoms with van der Waals surface area (Å²) in [4.78, 5) is 28.6. The van der Waals surface area contributed by atoms with E-state index >= 15 is 0 Å². The van der Waals surface area contributed by atoms with Crippen molar-refractivity contribution < 1.29 is 19.4 Å². The molecule has 1 aromatic heterocycles. The minimum absolute atomic E-state index is 0.0444. The highest BCUT2D eigenvalue weighted by molar-refractivity contribution is 5.66. The van der Waals surface area contributed by atoms with E-state index in [1.165, 1.54) is 17.3 Å². The number of aliphatic hydroxyl groups is 1. The third-order valence-electron chi connectivity index (χ3n) is 4.95. The Morgan fingerprint density at radius 2 is 2.14 bits per heavy atom. The summed E-state index contributed by atoms with van der Waals surface area (Å²) in [7, 11) is 0. The summed E-state index contributed by atoms with van der Waals surface area (Å²) in [6.07, 6.45) is 4.90. The molecule has 0 bridgehead atoms. The first kappa shape index (κ1) is 15.0. The molecule has 8 heteroatoms. The zero-order valence-electron chi connectivity index (χ0n) is 12.0. The van der Waals surface area contributed by atoms with Crippen LogP contribution in [0.25, 0.3) is 0 Å². The number of rotatable bonds is 4. The van der Waals surface area contributed by atoms with E-state index in [0.29, 0.717) is 19.4 Å². The highest BCUT2D eigenvalue weighted by Gasteiger charge is 2.61. The first-order chi connectivity index (χ1) is 10.4. The van der Waals surface area contributed by atoms with E-state index in [4.69, 9.17) is 5.11 Å². The van der Waals surface area contributed by atoms with Gasteiger partial charge in [0.15, 0.2) is 11.5 Å². The molecule has 2 aliphatic rings. The molecule has 0 aromatic carbocycles. The van der Waals surface area contributed by atoms with Crippen LogP contribution in [0.4, 0.5) is 10.2 Å². The number of carbonyl (C=O) groups is 1. The second-order valence-electron chi connectivity index (χ2n) is 6.19. The lowest BCUT2D eigenvalue weighted by Gasteiger charge is -2.45. The molecule has 2 heterocycles. The van der Waals surface area contributed by atoms with Crippen molar-refractivity contribution in [1.29, 1.82) is 0 Å².